The number of pyridine rings is 1. The van der Waals surface area contributed by atoms with Gasteiger partial charge in [0.25, 0.3) is 0 Å². The van der Waals surface area contributed by atoms with Gasteiger partial charge in [-0.15, -0.1) is 5.10 Å². The SMILES string of the molecule is Cc1nnc(N[C@H](N)c2cc(N)cc(C(F)(F)F)n2)c2cc(N3CCOCC3)ccc12. The first-order chi connectivity index (χ1) is 14.7. The molecule has 4 rings (SSSR count). The molecular formula is C20H22F3N7O. The number of hydrogen-bond acceptors (Lipinski definition) is 8. The van der Waals surface area contributed by atoms with Gasteiger partial charge in [-0.3, -0.25) is 0 Å². The summed E-state index contributed by atoms with van der Waals surface area (Å²) in [5.74, 6) is 0.348. The van der Waals surface area contributed by atoms with Crippen molar-refractivity contribution >= 4 is 28.0 Å². The first-order valence-electron chi connectivity index (χ1n) is 9.69. The van der Waals surface area contributed by atoms with Crippen LogP contribution in [0.1, 0.15) is 23.2 Å². The minimum Gasteiger partial charge on any atom is -0.399 e. The highest BCUT2D eigenvalue weighted by molar-refractivity contribution is 5.95. The topological polar surface area (TPSA) is 115 Å². The average Bonchev–Trinajstić information content (AvgIpc) is 2.75. The number of benzene rings is 1. The molecule has 1 atom stereocenters. The summed E-state index contributed by atoms with van der Waals surface area (Å²) in [6, 6.07) is 7.98. The van der Waals surface area contributed by atoms with Crippen LogP contribution in [-0.2, 0) is 10.9 Å². The third-order valence-electron chi connectivity index (χ3n) is 5.09. The third-order valence-corrected chi connectivity index (χ3v) is 5.09. The lowest BCUT2D eigenvalue weighted by Crippen LogP contribution is -2.36. The summed E-state index contributed by atoms with van der Waals surface area (Å²) in [5, 5.41) is 12.9. The number of rotatable bonds is 4. The smallest absolute Gasteiger partial charge is 0.399 e. The zero-order chi connectivity index (χ0) is 22.2. The van der Waals surface area contributed by atoms with Crippen LogP contribution < -0.4 is 21.7 Å². The molecule has 0 unspecified atom stereocenters. The van der Waals surface area contributed by atoms with Gasteiger partial charge in [0.2, 0.25) is 0 Å². The fourth-order valence-electron chi connectivity index (χ4n) is 3.50. The molecular weight excluding hydrogens is 411 g/mol. The molecule has 0 aliphatic carbocycles. The Morgan fingerprint density at radius 3 is 2.55 bits per heavy atom. The molecule has 11 heteroatoms. The Bertz CT molecular complexity index is 1100. The van der Waals surface area contributed by atoms with Gasteiger partial charge >= 0.3 is 6.18 Å². The molecule has 8 nitrogen and oxygen atoms in total. The molecule has 1 aromatic carbocycles. The second-order valence-corrected chi connectivity index (χ2v) is 7.29. The van der Waals surface area contributed by atoms with E-state index in [9.17, 15) is 13.2 Å². The molecule has 0 amide bonds. The van der Waals surface area contributed by atoms with Crippen LogP contribution in [0.5, 0.6) is 0 Å². The number of nitrogens with zero attached hydrogens (tertiary/aromatic N) is 4. The second kappa shape index (κ2) is 8.16. The van der Waals surface area contributed by atoms with E-state index in [1.807, 2.05) is 25.1 Å². The number of aromatic nitrogens is 3. The molecule has 0 bridgehead atoms. The number of aryl methyl sites for hydroxylation is 1. The summed E-state index contributed by atoms with van der Waals surface area (Å²) in [6.45, 7) is 4.65. The molecule has 2 aromatic heterocycles. The number of halogens is 3. The maximum atomic E-state index is 13.1. The zero-order valence-corrected chi connectivity index (χ0v) is 16.8. The number of nitrogen functional groups attached to an aromatic ring is 1. The van der Waals surface area contributed by atoms with Crippen LogP contribution in [0.2, 0.25) is 0 Å². The normalized spacial score (nSPS) is 15.8. The van der Waals surface area contributed by atoms with Gasteiger partial charge in [0.15, 0.2) is 5.82 Å². The summed E-state index contributed by atoms with van der Waals surface area (Å²) in [7, 11) is 0. The lowest BCUT2D eigenvalue weighted by Gasteiger charge is -2.29. The van der Waals surface area contributed by atoms with Crippen LogP contribution in [0.25, 0.3) is 10.8 Å². The van der Waals surface area contributed by atoms with E-state index < -0.39 is 18.0 Å². The number of alkyl halides is 3. The highest BCUT2D eigenvalue weighted by Gasteiger charge is 2.33. The van der Waals surface area contributed by atoms with Crippen molar-refractivity contribution in [1.82, 2.24) is 15.2 Å². The molecule has 0 radical (unpaired) electrons. The summed E-state index contributed by atoms with van der Waals surface area (Å²) >= 11 is 0. The Labute approximate surface area is 176 Å². The van der Waals surface area contributed by atoms with E-state index in [2.05, 4.69) is 25.4 Å². The van der Waals surface area contributed by atoms with Gasteiger partial charge in [0.05, 0.1) is 24.6 Å². The fraction of sp³-hybridized carbons (Fsp3) is 0.350. The molecule has 164 valence electrons. The van der Waals surface area contributed by atoms with Crippen LogP contribution in [0.3, 0.4) is 0 Å². The first-order valence-corrected chi connectivity index (χ1v) is 9.69. The van der Waals surface area contributed by atoms with Crippen molar-refractivity contribution in [1.29, 1.82) is 0 Å². The standard InChI is InChI=1S/C20H22F3N7O/c1-11-14-3-2-13(30-4-6-31-7-5-30)10-15(14)19(29-28-11)27-18(25)16-8-12(24)9-17(26-16)20(21,22)23/h2-3,8-10,18H,4-7,25H2,1H3,(H2,24,26)(H,27,29)/t18-/m0/s1. The monoisotopic (exact) mass is 433 g/mol. The van der Waals surface area contributed by atoms with Crippen LogP contribution in [0.4, 0.5) is 30.4 Å². The van der Waals surface area contributed by atoms with E-state index in [-0.39, 0.29) is 11.4 Å². The largest absolute Gasteiger partial charge is 0.433 e. The average molecular weight is 433 g/mol. The number of fused-ring (bicyclic) bond motifs is 1. The third kappa shape index (κ3) is 4.47. The van der Waals surface area contributed by atoms with Crippen LogP contribution in [-0.4, -0.2) is 41.5 Å². The summed E-state index contributed by atoms with van der Waals surface area (Å²) in [5.41, 5.74) is 12.2. The molecule has 31 heavy (non-hydrogen) atoms. The Kier molecular flexibility index (Phi) is 5.54. The highest BCUT2D eigenvalue weighted by Crippen LogP contribution is 2.32. The van der Waals surface area contributed by atoms with E-state index >= 15 is 0 Å². The van der Waals surface area contributed by atoms with E-state index in [1.165, 1.54) is 6.07 Å². The number of nitrogens with one attached hydrogen (secondary N) is 1. The Morgan fingerprint density at radius 1 is 1.10 bits per heavy atom. The number of hydrogen-bond donors (Lipinski definition) is 3. The van der Waals surface area contributed by atoms with Gasteiger partial charge in [-0.25, -0.2) is 4.98 Å². The number of anilines is 3. The summed E-state index contributed by atoms with van der Waals surface area (Å²) in [6.07, 6.45) is -5.70. The van der Waals surface area contributed by atoms with Gasteiger partial charge in [0, 0.05) is 35.2 Å². The van der Waals surface area contributed by atoms with Gasteiger partial charge < -0.3 is 26.4 Å². The number of nitrogens with two attached hydrogens (primary N) is 2. The second-order valence-electron chi connectivity index (χ2n) is 7.29. The maximum Gasteiger partial charge on any atom is 0.433 e. The summed E-state index contributed by atoms with van der Waals surface area (Å²) < 4.78 is 44.7. The molecule has 0 spiro atoms. The number of ether oxygens (including phenoxy) is 1. The van der Waals surface area contributed by atoms with Crippen molar-refractivity contribution in [2.45, 2.75) is 19.3 Å². The van der Waals surface area contributed by atoms with Crippen molar-refractivity contribution in [2.24, 2.45) is 5.73 Å². The summed E-state index contributed by atoms with van der Waals surface area (Å²) in [4.78, 5) is 5.82. The molecule has 0 saturated carbocycles. The van der Waals surface area contributed by atoms with Crippen LogP contribution in [0, 0.1) is 6.92 Å². The van der Waals surface area contributed by atoms with Crippen molar-refractivity contribution < 1.29 is 17.9 Å². The molecule has 3 heterocycles. The zero-order valence-electron chi connectivity index (χ0n) is 16.8. The molecule has 5 N–H and O–H groups in total. The van der Waals surface area contributed by atoms with Gasteiger partial charge in [-0.05, 0) is 31.2 Å². The molecule has 1 saturated heterocycles. The Balaban J connectivity index is 1.69. The van der Waals surface area contributed by atoms with Crippen molar-refractivity contribution in [3.05, 3.63) is 47.4 Å². The predicted molar refractivity (Wildman–Crippen MR) is 112 cm³/mol. The maximum absolute atomic E-state index is 13.1. The van der Waals surface area contributed by atoms with Gasteiger partial charge in [-0.2, -0.15) is 18.3 Å². The molecule has 1 aliphatic heterocycles. The van der Waals surface area contributed by atoms with Crippen molar-refractivity contribution in [3.8, 4) is 0 Å². The highest BCUT2D eigenvalue weighted by atomic mass is 19.4. The minimum absolute atomic E-state index is 0.0489. The fourth-order valence-corrected chi connectivity index (χ4v) is 3.50. The van der Waals surface area contributed by atoms with Gasteiger partial charge in [-0.1, -0.05) is 6.07 Å². The van der Waals surface area contributed by atoms with Crippen molar-refractivity contribution in [2.75, 3.05) is 42.3 Å². The van der Waals surface area contributed by atoms with E-state index in [0.29, 0.717) is 19.0 Å². The lowest BCUT2D eigenvalue weighted by atomic mass is 10.1. The lowest BCUT2D eigenvalue weighted by molar-refractivity contribution is -0.141. The quantitative estimate of drug-likeness (QED) is 0.538. The molecule has 3 aromatic rings. The predicted octanol–water partition coefficient (Wildman–Crippen LogP) is 2.84. The Morgan fingerprint density at radius 2 is 1.84 bits per heavy atom. The van der Waals surface area contributed by atoms with Crippen LogP contribution >= 0.6 is 0 Å². The Hall–Kier alpha value is -3.18. The van der Waals surface area contributed by atoms with Gasteiger partial charge in [0.1, 0.15) is 11.9 Å². The van der Waals surface area contributed by atoms with Crippen molar-refractivity contribution in [3.63, 3.8) is 0 Å². The van der Waals surface area contributed by atoms with E-state index in [0.717, 1.165) is 41.3 Å². The first kappa shape index (κ1) is 21.1. The minimum atomic E-state index is -4.63. The van der Waals surface area contributed by atoms with E-state index in [1.54, 1.807) is 0 Å². The van der Waals surface area contributed by atoms with Crippen LogP contribution in [0.15, 0.2) is 30.3 Å². The number of morpholine rings is 1. The molecule has 1 aliphatic rings. The van der Waals surface area contributed by atoms with E-state index in [4.69, 9.17) is 16.2 Å². The molecule has 1 fully saturated rings.